The van der Waals surface area contributed by atoms with Gasteiger partial charge in [0.05, 0.1) is 17.1 Å². The highest BCUT2D eigenvalue weighted by Gasteiger charge is 2.24. The lowest BCUT2D eigenvalue weighted by Crippen LogP contribution is -2.14. The molecule has 0 fully saturated rings. The van der Waals surface area contributed by atoms with Gasteiger partial charge in [-0.1, -0.05) is 12.1 Å². The summed E-state index contributed by atoms with van der Waals surface area (Å²) < 4.78 is 1.81. The van der Waals surface area contributed by atoms with E-state index in [-0.39, 0.29) is 5.91 Å². The van der Waals surface area contributed by atoms with E-state index in [1.165, 1.54) is 0 Å². The molecule has 1 radical (unpaired) electrons. The lowest BCUT2D eigenvalue weighted by molar-refractivity contribution is 0.102. The highest BCUT2D eigenvalue weighted by atomic mass is 16.2. The standard InChI is InChI=1S/C13H12N3O/c1-8-7-16(2)12-11(8)14-9-5-3-4-6-10(9)15-13(12)17/h3-7H,1-2H3,(H,15,17). The molecular weight excluding hydrogens is 214 g/mol. The smallest absolute Gasteiger partial charge is 0.274 e. The molecule has 1 N–H and O–H groups in total. The van der Waals surface area contributed by atoms with Gasteiger partial charge in [-0.2, -0.15) is 0 Å². The molecule has 0 saturated carbocycles. The number of rotatable bonds is 0. The van der Waals surface area contributed by atoms with Crippen LogP contribution in [-0.4, -0.2) is 10.5 Å². The van der Waals surface area contributed by atoms with E-state index in [1.807, 2.05) is 49.0 Å². The molecule has 2 aromatic rings. The van der Waals surface area contributed by atoms with Gasteiger partial charge < -0.3 is 9.88 Å². The molecule has 0 bridgehead atoms. The largest absolute Gasteiger partial charge is 0.344 e. The van der Waals surface area contributed by atoms with Crippen LogP contribution in [0.2, 0.25) is 0 Å². The van der Waals surface area contributed by atoms with Crippen molar-refractivity contribution >= 4 is 23.0 Å². The first-order valence-corrected chi connectivity index (χ1v) is 5.45. The predicted octanol–water partition coefficient (Wildman–Crippen LogP) is 2.47. The Balaban J connectivity index is 2.23. The number of nitrogens with zero attached hydrogens (tertiary/aromatic N) is 2. The minimum Gasteiger partial charge on any atom is -0.344 e. The Labute approximate surface area is 99.3 Å². The van der Waals surface area contributed by atoms with Crippen molar-refractivity contribution in [2.45, 2.75) is 6.92 Å². The van der Waals surface area contributed by atoms with E-state index in [1.54, 1.807) is 0 Å². The number of carbonyl (C=O) groups excluding carboxylic acids is 1. The monoisotopic (exact) mass is 226 g/mol. The number of aryl methyl sites for hydroxylation is 2. The minimum atomic E-state index is -0.107. The van der Waals surface area contributed by atoms with E-state index >= 15 is 0 Å². The van der Waals surface area contributed by atoms with Crippen molar-refractivity contribution in [2.75, 3.05) is 5.32 Å². The normalized spacial score (nSPS) is 13.2. The van der Waals surface area contributed by atoms with Crippen molar-refractivity contribution in [2.24, 2.45) is 7.05 Å². The number of benzene rings is 1. The Kier molecular flexibility index (Phi) is 1.98. The zero-order valence-corrected chi connectivity index (χ0v) is 9.69. The molecule has 3 rings (SSSR count). The van der Waals surface area contributed by atoms with Crippen LogP contribution in [0.1, 0.15) is 16.1 Å². The Bertz CT molecular complexity index is 613. The number of nitrogens with one attached hydrogen (secondary N) is 1. The maximum absolute atomic E-state index is 12.1. The molecular formula is C13H12N3O. The fraction of sp³-hybridized carbons (Fsp3) is 0.154. The van der Waals surface area contributed by atoms with E-state index in [4.69, 9.17) is 0 Å². The van der Waals surface area contributed by atoms with E-state index in [9.17, 15) is 4.79 Å². The molecule has 4 nitrogen and oxygen atoms in total. The second-order valence-corrected chi connectivity index (χ2v) is 4.20. The molecule has 85 valence electrons. The summed E-state index contributed by atoms with van der Waals surface area (Å²) >= 11 is 0. The number of hydrogen-bond donors (Lipinski definition) is 1. The quantitative estimate of drug-likeness (QED) is 0.737. The fourth-order valence-corrected chi connectivity index (χ4v) is 2.16. The Morgan fingerprint density at radius 2 is 2.06 bits per heavy atom. The average molecular weight is 226 g/mol. The van der Waals surface area contributed by atoms with Crippen molar-refractivity contribution in [1.82, 2.24) is 9.88 Å². The molecule has 4 heteroatoms. The highest BCUT2D eigenvalue weighted by Crippen LogP contribution is 2.34. The SMILES string of the molecule is Cc1cn(C)c2c1[N]c1ccccc1NC2=O. The van der Waals surface area contributed by atoms with Gasteiger partial charge >= 0.3 is 0 Å². The maximum atomic E-state index is 12.1. The van der Waals surface area contributed by atoms with Crippen LogP contribution in [-0.2, 0) is 7.05 Å². The van der Waals surface area contributed by atoms with Gasteiger partial charge in [0.1, 0.15) is 5.69 Å². The summed E-state index contributed by atoms with van der Waals surface area (Å²) in [5.41, 5.74) is 3.94. The Morgan fingerprint density at radius 1 is 1.29 bits per heavy atom. The first-order valence-electron chi connectivity index (χ1n) is 5.45. The van der Waals surface area contributed by atoms with Gasteiger partial charge in [-0.05, 0) is 24.6 Å². The highest BCUT2D eigenvalue weighted by molar-refractivity contribution is 6.10. The van der Waals surface area contributed by atoms with E-state index in [2.05, 4.69) is 10.6 Å². The van der Waals surface area contributed by atoms with Crippen molar-refractivity contribution in [3.8, 4) is 0 Å². The molecule has 0 aliphatic carbocycles. The summed E-state index contributed by atoms with van der Waals surface area (Å²) in [6.45, 7) is 1.96. The van der Waals surface area contributed by atoms with Crippen LogP contribution in [0.25, 0.3) is 0 Å². The van der Waals surface area contributed by atoms with E-state index in [0.717, 1.165) is 22.6 Å². The van der Waals surface area contributed by atoms with Crippen LogP contribution in [0, 0.1) is 6.92 Å². The van der Waals surface area contributed by atoms with Gasteiger partial charge in [-0.15, -0.1) is 0 Å². The molecule has 0 atom stereocenters. The summed E-state index contributed by atoms with van der Waals surface area (Å²) in [5.74, 6) is -0.107. The zero-order valence-electron chi connectivity index (χ0n) is 9.69. The molecule has 1 aromatic carbocycles. The van der Waals surface area contributed by atoms with Crippen LogP contribution in [0.15, 0.2) is 30.5 Å². The number of aromatic nitrogens is 1. The third kappa shape index (κ3) is 1.41. The van der Waals surface area contributed by atoms with Gasteiger partial charge in [0, 0.05) is 13.2 Å². The van der Waals surface area contributed by atoms with Crippen LogP contribution < -0.4 is 10.6 Å². The van der Waals surface area contributed by atoms with Crippen molar-refractivity contribution < 1.29 is 4.79 Å². The minimum absolute atomic E-state index is 0.107. The van der Waals surface area contributed by atoms with Crippen LogP contribution in [0.3, 0.4) is 0 Å². The van der Waals surface area contributed by atoms with Gasteiger partial charge in [-0.3, -0.25) is 4.79 Å². The van der Waals surface area contributed by atoms with E-state index < -0.39 is 0 Å². The second-order valence-electron chi connectivity index (χ2n) is 4.20. The van der Waals surface area contributed by atoms with Gasteiger partial charge in [-0.25, -0.2) is 5.32 Å². The maximum Gasteiger partial charge on any atom is 0.274 e. The molecule has 1 amide bonds. The first kappa shape index (κ1) is 9.96. The predicted molar refractivity (Wildman–Crippen MR) is 66.0 cm³/mol. The summed E-state index contributed by atoms with van der Waals surface area (Å²) in [6, 6.07) is 7.56. The molecule has 0 spiro atoms. The third-order valence-electron chi connectivity index (χ3n) is 2.94. The first-order chi connectivity index (χ1) is 8.16. The topological polar surface area (TPSA) is 48.1 Å². The zero-order chi connectivity index (χ0) is 12.0. The number of anilines is 1. The fourth-order valence-electron chi connectivity index (χ4n) is 2.16. The van der Waals surface area contributed by atoms with Crippen molar-refractivity contribution in [1.29, 1.82) is 0 Å². The van der Waals surface area contributed by atoms with Gasteiger partial charge in [0.25, 0.3) is 5.91 Å². The number of amides is 1. The molecule has 1 aliphatic heterocycles. The van der Waals surface area contributed by atoms with Gasteiger partial charge in [0.2, 0.25) is 0 Å². The van der Waals surface area contributed by atoms with Crippen molar-refractivity contribution in [3.05, 3.63) is 41.7 Å². The lowest BCUT2D eigenvalue weighted by Gasteiger charge is -2.05. The summed E-state index contributed by atoms with van der Waals surface area (Å²) in [5, 5.41) is 7.45. The Hall–Kier alpha value is -2.23. The average Bonchev–Trinajstić information content (AvgIpc) is 2.49. The number of fused-ring (bicyclic) bond motifs is 2. The number of carbonyl (C=O) groups is 1. The summed E-state index contributed by atoms with van der Waals surface area (Å²) in [6.07, 6.45) is 1.92. The van der Waals surface area contributed by atoms with Crippen LogP contribution >= 0.6 is 0 Å². The number of hydrogen-bond acceptors (Lipinski definition) is 1. The third-order valence-corrected chi connectivity index (χ3v) is 2.94. The summed E-state index contributed by atoms with van der Waals surface area (Å²) in [4.78, 5) is 12.1. The number of para-hydroxylation sites is 2. The molecule has 2 heterocycles. The molecule has 17 heavy (non-hydrogen) atoms. The van der Waals surface area contributed by atoms with E-state index in [0.29, 0.717) is 5.69 Å². The summed E-state index contributed by atoms with van der Waals surface area (Å²) in [7, 11) is 1.86. The molecule has 0 saturated heterocycles. The molecule has 1 aromatic heterocycles. The van der Waals surface area contributed by atoms with Gasteiger partial charge in [0.15, 0.2) is 0 Å². The lowest BCUT2D eigenvalue weighted by atomic mass is 10.2. The van der Waals surface area contributed by atoms with Crippen LogP contribution in [0.5, 0.6) is 0 Å². The second kappa shape index (κ2) is 3.38. The van der Waals surface area contributed by atoms with Crippen molar-refractivity contribution in [3.63, 3.8) is 0 Å². The Morgan fingerprint density at radius 3 is 2.88 bits per heavy atom. The van der Waals surface area contributed by atoms with Crippen LogP contribution in [0.4, 0.5) is 17.1 Å². The molecule has 1 aliphatic rings. The molecule has 0 unspecified atom stereocenters.